The molecular weight excluding hydrogens is 438 g/mol. The van der Waals surface area contributed by atoms with Crippen LogP contribution in [-0.4, -0.2) is 41.1 Å². The van der Waals surface area contributed by atoms with Gasteiger partial charge in [-0.25, -0.2) is 8.42 Å². The number of anilines is 2. The van der Waals surface area contributed by atoms with Crippen molar-refractivity contribution in [3.63, 3.8) is 0 Å². The number of fused-ring (bicyclic) bond motifs is 2. The van der Waals surface area contributed by atoms with Crippen molar-refractivity contribution in [3.05, 3.63) is 52.5 Å². The predicted molar refractivity (Wildman–Crippen MR) is 126 cm³/mol. The van der Waals surface area contributed by atoms with Gasteiger partial charge < -0.3 is 10.2 Å². The molecule has 0 radical (unpaired) electrons. The molecule has 1 aromatic heterocycles. The molecule has 2 aliphatic heterocycles. The zero-order valence-electron chi connectivity index (χ0n) is 16.8. The second-order valence-electron chi connectivity index (χ2n) is 7.89. The predicted octanol–water partition coefficient (Wildman–Crippen LogP) is 4.41. The Morgan fingerprint density at radius 2 is 1.87 bits per heavy atom. The molecule has 5 rings (SSSR count). The van der Waals surface area contributed by atoms with Gasteiger partial charge >= 0.3 is 0 Å². The minimum Gasteiger partial charge on any atom is -0.369 e. The highest BCUT2D eigenvalue weighted by Gasteiger charge is 2.33. The number of rotatable bonds is 3. The van der Waals surface area contributed by atoms with Gasteiger partial charge in [0, 0.05) is 48.1 Å². The van der Waals surface area contributed by atoms with Gasteiger partial charge in [-0.2, -0.15) is 0 Å². The molecule has 8 heteroatoms. The first-order valence-electron chi connectivity index (χ1n) is 10.2. The molecule has 3 aromatic rings. The lowest BCUT2D eigenvalue weighted by Gasteiger charge is -2.34. The van der Waals surface area contributed by atoms with Crippen LogP contribution in [0.5, 0.6) is 0 Å². The number of hydrogen-bond donors (Lipinski definition) is 1. The molecule has 158 valence electrons. The van der Waals surface area contributed by atoms with Crippen LogP contribution in [-0.2, 0) is 16.4 Å². The fourth-order valence-corrected chi connectivity index (χ4v) is 7.96. The largest absolute Gasteiger partial charge is 0.369 e. The van der Waals surface area contributed by atoms with E-state index in [1.54, 1.807) is 4.31 Å². The van der Waals surface area contributed by atoms with Crippen molar-refractivity contribution in [2.24, 2.45) is 0 Å². The summed E-state index contributed by atoms with van der Waals surface area (Å²) in [6.07, 6.45) is 1.74. The molecule has 0 bridgehead atoms. The van der Waals surface area contributed by atoms with Gasteiger partial charge in [0.2, 0.25) is 0 Å². The van der Waals surface area contributed by atoms with Crippen LogP contribution in [0.4, 0.5) is 11.4 Å². The second-order valence-corrected chi connectivity index (χ2v) is 11.4. The van der Waals surface area contributed by atoms with Gasteiger partial charge in [0.05, 0.1) is 5.69 Å². The number of sulfonamides is 1. The van der Waals surface area contributed by atoms with Crippen molar-refractivity contribution in [3.8, 4) is 0 Å². The van der Waals surface area contributed by atoms with Gasteiger partial charge in [0.25, 0.3) is 10.0 Å². The summed E-state index contributed by atoms with van der Waals surface area (Å²) in [6, 6.07) is 11.9. The fraction of sp³-hybridized carbons (Fsp3) is 0.364. The van der Waals surface area contributed by atoms with Crippen molar-refractivity contribution in [1.29, 1.82) is 0 Å². The van der Waals surface area contributed by atoms with Crippen LogP contribution in [0.3, 0.4) is 0 Å². The zero-order chi connectivity index (χ0) is 20.9. The van der Waals surface area contributed by atoms with Crippen molar-refractivity contribution in [2.45, 2.75) is 24.0 Å². The van der Waals surface area contributed by atoms with Gasteiger partial charge in [-0.15, -0.1) is 11.3 Å². The Labute approximate surface area is 186 Å². The van der Waals surface area contributed by atoms with E-state index in [-0.39, 0.29) is 0 Å². The van der Waals surface area contributed by atoms with E-state index in [4.69, 9.17) is 11.6 Å². The maximum atomic E-state index is 13.8. The van der Waals surface area contributed by atoms with Crippen LogP contribution < -0.4 is 14.5 Å². The highest BCUT2D eigenvalue weighted by Crippen LogP contribution is 2.41. The lowest BCUT2D eigenvalue weighted by molar-refractivity contribution is 0.586. The van der Waals surface area contributed by atoms with Gasteiger partial charge in [-0.3, -0.25) is 4.31 Å². The number of halogens is 1. The summed E-state index contributed by atoms with van der Waals surface area (Å²) < 4.78 is 30.6. The molecule has 0 saturated carbocycles. The smallest absolute Gasteiger partial charge is 0.274 e. The van der Waals surface area contributed by atoms with Crippen LogP contribution in [0.2, 0.25) is 5.02 Å². The maximum absolute atomic E-state index is 13.8. The molecule has 0 spiro atoms. The zero-order valence-corrected chi connectivity index (χ0v) is 19.2. The number of benzene rings is 2. The van der Waals surface area contributed by atoms with E-state index in [2.05, 4.69) is 28.4 Å². The third-order valence-corrected chi connectivity index (χ3v) is 9.92. The van der Waals surface area contributed by atoms with E-state index in [1.165, 1.54) is 11.3 Å². The number of piperazine rings is 1. The lowest BCUT2D eigenvalue weighted by atomic mass is 10.0. The van der Waals surface area contributed by atoms with Crippen LogP contribution in [0.25, 0.3) is 10.1 Å². The highest BCUT2D eigenvalue weighted by atomic mass is 35.5. The third-order valence-electron chi connectivity index (χ3n) is 6.01. The Kier molecular flexibility index (Phi) is 5.17. The van der Waals surface area contributed by atoms with Crippen LogP contribution in [0.1, 0.15) is 17.5 Å². The van der Waals surface area contributed by atoms with Crippen LogP contribution in [0.15, 0.2) is 40.6 Å². The van der Waals surface area contributed by atoms with Crippen LogP contribution in [0, 0.1) is 6.92 Å². The Bertz CT molecular complexity index is 1220. The van der Waals surface area contributed by atoms with Crippen molar-refractivity contribution in [2.75, 3.05) is 41.9 Å². The molecular formula is C22H24ClN3O2S2. The average Bonchev–Trinajstić information content (AvgIpc) is 3.10. The lowest BCUT2D eigenvalue weighted by Crippen LogP contribution is -2.43. The molecule has 2 aromatic carbocycles. The van der Waals surface area contributed by atoms with E-state index in [0.29, 0.717) is 15.8 Å². The quantitative estimate of drug-likeness (QED) is 0.627. The summed E-state index contributed by atoms with van der Waals surface area (Å²) in [5.74, 6) is 0. The van der Waals surface area contributed by atoms with E-state index in [0.717, 1.165) is 71.6 Å². The molecule has 1 N–H and O–H groups in total. The molecule has 2 aliphatic rings. The van der Waals surface area contributed by atoms with Crippen molar-refractivity contribution in [1.82, 2.24) is 5.32 Å². The normalized spacial score (nSPS) is 17.4. The minimum atomic E-state index is -3.65. The van der Waals surface area contributed by atoms with E-state index >= 15 is 0 Å². The summed E-state index contributed by atoms with van der Waals surface area (Å²) in [7, 11) is -3.65. The Morgan fingerprint density at radius 3 is 2.67 bits per heavy atom. The summed E-state index contributed by atoms with van der Waals surface area (Å²) in [6.45, 7) is 6.15. The molecule has 30 heavy (non-hydrogen) atoms. The first-order valence-corrected chi connectivity index (χ1v) is 12.9. The highest BCUT2D eigenvalue weighted by molar-refractivity contribution is 7.95. The standard InChI is InChI=1S/C22H24ClN3O2S2/c1-15-19-13-17(23)5-7-21(19)29-22(15)30(27,28)26-10-2-3-16-4-6-18(14-20(16)26)25-11-8-24-9-12-25/h4-7,13-14,24H,2-3,8-12H2,1H3. The molecule has 3 heterocycles. The van der Waals surface area contributed by atoms with Crippen LogP contribution >= 0.6 is 22.9 Å². The van der Waals surface area contributed by atoms with Crippen molar-refractivity contribution < 1.29 is 8.42 Å². The summed E-state index contributed by atoms with van der Waals surface area (Å²) in [5, 5.41) is 4.90. The average molecular weight is 462 g/mol. The third kappa shape index (κ3) is 3.38. The number of thiophene rings is 1. The number of hydrogen-bond acceptors (Lipinski definition) is 5. The molecule has 5 nitrogen and oxygen atoms in total. The van der Waals surface area contributed by atoms with E-state index < -0.39 is 10.0 Å². The summed E-state index contributed by atoms with van der Waals surface area (Å²) >= 11 is 7.49. The Hall–Kier alpha value is -1.80. The molecule has 1 saturated heterocycles. The van der Waals surface area contributed by atoms with Gasteiger partial charge in [0.1, 0.15) is 4.21 Å². The van der Waals surface area contributed by atoms with E-state index in [1.807, 2.05) is 25.1 Å². The second kappa shape index (κ2) is 7.71. The first kappa shape index (κ1) is 20.1. The summed E-state index contributed by atoms with van der Waals surface area (Å²) in [5.41, 5.74) is 3.80. The summed E-state index contributed by atoms with van der Waals surface area (Å²) in [4.78, 5) is 2.32. The van der Waals surface area contributed by atoms with Gasteiger partial charge in [-0.1, -0.05) is 17.7 Å². The Morgan fingerprint density at radius 1 is 1.07 bits per heavy atom. The van der Waals surface area contributed by atoms with E-state index in [9.17, 15) is 8.42 Å². The molecule has 0 amide bonds. The molecule has 0 atom stereocenters. The monoisotopic (exact) mass is 461 g/mol. The number of nitrogens with zero attached hydrogens (tertiary/aromatic N) is 2. The topological polar surface area (TPSA) is 52.7 Å². The number of nitrogens with one attached hydrogen (secondary N) is 1. The maximum Gasteiger partial charge on any atom is 0.274 e. The first-order chi connectivity index (χ1) is 14.4. The minimum absolute atomic E-state index is 0.417. The van der Waals surface area contributed by atoms with Gasteiger partial charge in [0.15, 0.2) is 0 Å². The molecule has 0 aliphatic carbocycles. The fourth-order valence-electron chi connectivity index (χ4n) is 4.42. The van der Waals surface area contributed by atoms with Crippen molar-refractivity contribution >= 4 is 54.4 Å². The molecule has 1 fully saturated rings. The van der Waals surface area contributed by atoms with Gasteiger partial charge in [-0.05, 0) is 66.6 Å². The SMILES string of the molecule is Cc1c(S(=O)(=O)N2CCCc3ccc(N4CCNCC4)cc32)sc2ccc(Cl)cc12. The molecule has 0 unspecified atom stereocenters. The number of aryl methyl sites for hydroxylation is 2. The Balaban J connectivity index is 1.59.